The summed E-state index contributed by atoms with van der Waals surface area (Å²) in [6.07, 6.45) is 3.65. The van der Waals surface area contributed by atoms with Gasteiger partial charge in [-0.1, -0.05) is 24.3 Å². The van der Waals surface area contributed by atoms with Gasteiger partial charge in [-0.2, -0.15) is 0 Å². The van der Waals surface area contributed by atoms with Gasteiger partial charge in [0.05, 0.1) is 24.7 Å². The maximum Gasteiger partial charge on any atom is 0.231 e. The van der Waals surface area contributed by atoms with E-state index in [0.29, 0.717) is 12.6 Å². The molecule has 2 fully saturated rings. The molecule has 112 valence electrons. The van der Waals surface area contributed by atoms with Crippen molar-refractivity contribution in [2.24, 2.45) is 0 Å². The van der Waals surface area contributed by atoms with E-state index in [1.165, 1.54) is 17.5 Å². The van der Waals surface area contributed by atoms with Gasteiger partial charge in [-0.25, -0.2) is 0 Å². The molecule has 3 aliphatic rings. The van der Waals surface area contributed by atoms with E-state index in [0.717, 1.165) is 32.5 Å². The van der Waals surface area contributed by atoms with Gasteiger partial charge in [0, 0.05) is 19.6 Å². The summed E-state index contributed by atoms with van der Waals surface area (Å²) >= 11 is 0. The van der Waals surface area contributed by atoms with Crippen LogP contribution in [0.25, 0.3) is 0 Å². The van der Waals surface area contributed by atoms with Crippen molar-refractivity contribution in [3.8, 4) is 0 Å². The van der Waals surface area contributed by atoms with Crippen LogP contribution in [-0.2, 0) is 16.1 Å². The van der Waals surface area contributed by atoms with E-state index in [4.69, 9.17) is 4.74 Å². The van der Waals surface area contributed by atoms with Crippen molar-refractivity contribution < 1.29 is 9.53 Å². The van der Waals surface area contributed by atoms with Gasteiger partial charge in [0.1, 0.15) is 0 Å². The zero-order valence-corrected chi connectivity index (χ0v) is 12.3. The Morgan fingerprint density at radius 2 is 2.19 bits per heavy atom. The number of rotatable bonds is 1. The quantitative estimate of drug-likeness (QED) is 0.853. The predicted molar refractivity (Wildman–Crippen MR) is 80.0 cm³/mol. The minimum absolute atomic E-state index is 0.0331. The third kappa shape index (κ3) is 2.27. The molecule has 2 heterocycles. The van der Waals surface area contributed by atoms with Crippen LogP contribution in [0.15, 0.2) is 24.3 Å². The summed E-state index contributed by atoms with van der Waals surface area (Å²) in [6.45, 7) is 3.06. The third-order valence-corrected chi connectivity index (χ3v) is 5.16. The molecule has 1 amide bonds. The Kier molecular flexibility index (Phi) is 3.43. The Bertz CT molecular complexity index is 545. The number of carbonyl (C=O) groups excluding carboxylic acids is 1. The Hall–Kier alpha value is -1.39. The largest absolute Gasteiger partial charge is 0.374 e. The van der Waals surface area contributed by atoms with E-state index in [1.807, 2.05) is 6.07 Å². The lowest BCUT2D eigenvalue weighted by Crippen LogP contribution is -2.54. The lowest BCUT2D eigenvalue weighted by molar-refractivity contribution is -0.145. The number of nitrogens with one attached hydrogen (secondary N) is 1. The first-order valence-electron chi connectivity index (χ1n) is 8.05. The number of fused-ring (bicyclic) bond motifs is 2. The number of hydrogen-bond acceptors (Lipinski definition) is 3. The first-order chi connectivity index (χ1) is 10.3. The van der Waals surface area contributed by atoms with Crippen LogP contribution < -0.4 is 5.32 Å². The number of amides is 1. The highest BCUT2D eigenvalue weighted by Crippen LogP contribution is 2.33. The number of ether oxygens (including phenoxy) is 1. The summed E-state index contributed by atoms with van der Waals surface area (Å²) in [5.74, 6) is 0.254. The third-order valence-electron chi connectivity index (χ3n) is 5.16. The second-order valence-corrected chi connectivity index (χ2v) is 6.32. The molecule has 1 aromatic rings. The fraction of sp³-hybridized carbons (Fsp3) is 0.588. The monoisotopic (exact) mass is 286 g/mol. The molecule has 4 nitrogen and oxygen atoms in total. The molecule has 4 heteroatoms. The average Bonchev–Trinajstić information content (AvgIpc) is 3.02. The summed E-state index contributed by atoms with van der Waals surface area (Å²) in [6, 6.07) is 8.64. The van der Waals surface area contributed by atoms with Crippen LogP contribution in [0.1, 0.15) is 36.3 Å². The highest BCUT2D eigenvalue weighted by molar-refractivity contribution is 5.85. The number of morpholine rings is 1. The van der Waals surface area contributed by atoms with Gasteiger partial charge >= 0.3 is 0 Å². The second kappa shape index (κ2) is 5.43. The lowest BCUT2D eigenvalue weighted by atomic mass is 9.89. The molecule has 21 heavy (non-hydrogen) atoms. The van der Waals surface area contributed by atoms with E-state index in [1.54, 1.807) is 0 Å². The summed E-state index contributed by atoms with van der Waals surface area (Å²) in [7, 11) is 0. The zero-order valence-electron chi connectivity index (χ0n) is 12.3. The van der Waals surface area contributed by atoms with Gasteiger partial charge in [0.25, 0.3) is 0 Å². The summed E-state index contributed by atoms with van der Waals surface area (Å²) < 4.78 is 5.83. The number of hydrogen-bond donors (Lipinski definition) is 1. The van der Waals surface area contributed by atoms with Crippen molar-refractivity contribution in [2.75, 3.05) is 19.7 Å². The number of nitrogens with zero attached hydrogens (tertiary/aromatic N) is 1. The van der Waals surface area contributed by atoms with Crippen LogP contribution in [-0.4, -0.2) is 42.6 Å². The molecule has 4 rings (SSSR count). The topological polar surface area (TPSA) is 41.6 Å². The molecule has 3 atom stereocenters. The minimum atomic E-state index is -0.0331. The van der Waals surface area contributed by atoms with E-state index in [2.05, 4.69) is 28.4 Å². The SMILES string of the molecule is O=C(C1CNCc2ccccc21)N1CCOC2CCCC21. The van der Waals surface area contributed by atoms with E-state index in [9.17, 15) is 4.79 Å². The Labute approximate surface area is 125 Å². The molecule has 1 saturated carbocycles. The van der Waals surface area contributed by atoms with Gasteiger partial charge in [-0.15, -0.1) is 0 Å². The van der Waals surface area contributed by atoms with Crippen molar-refractivity contribution in [1.29, 1.82) is 0 Å². The minimum Gasteiger partial charge on any atom is -0.374 e. The molecule has 3 unspecified atom stereocenters. The van der Waals surface area contributed by atoms with Gasteiger partial charge in [0.2, 0.25) is 5.91 Å². The summed E-state index contributed by atoms with van der Waals surface area (Å²) in [5, 5.41) is 3.39. The fourth-order valence-electron chi connectivity index (χ4n) is 4.12. The lowest BCUT2D eigenvalue weighted by Gasteiger charge is -2.40. The van der Waals surface area contributed by atoms with Crippen LogP contribution >= 0.6 is 0 Å². The standard InChI is InChI=1S/C17H22N2O2/c20-17(19-8-9-21-16-7-3-6-15(16)19)14-11-18-10-12-4-1-2-5-13(12)14/h1-2,4-5,14-16,18H,3,6-11H2. The van der Waals surface area contributed by atoms with Crippen molar-refractivity contribution in [3.63, 3.8) is 0 Å². The molecular formula is C17H22N2O2. The van der Waals surface area contributed by atoms with Crippen LogP contribution in [0.3, 0.4) is 0 Å². The first kappa shape index (κ1) is 13.3. The van der Waals surface area contributed by atoms with Gasteiger partial charge in [-0.05, 0) is 30.4 Å². The highest BCUT2D eigenvalue weighted by Gasteiger charge is 2.41. The predicted octanol–water partition coefficient (Wildman–Crippen LogP) is 1.65. The Morgan fingerprint density at radius 3 is 3.14 bits per heavy atom. The second-order valence-electron chi connectivity index (χ2n) is 6.32. The molecule has 0 bridgehead atoms. The maximum absolute atomic E-state index is 13.1. The number of carbonyl (C=O) groups is 1. The molecule has 1 aromatic carbocycles. The van der Waals surface area contributed by atoms with E-state index < -0.39 is 0 Å². The van der Waals surface area contributed by atoms with Crippen LogP contribution in [0.4, 0.5) is 0 Å². The number of benzene rings is 1. The fourth-order valence-corrected chi connectivity index (χ4v) is 4.12. The normalized spacial score (nSPS) is 31.6. The van der Waals surface area contributed by atoms with Crippen LogP contribution in [0, 0.1) is 0 Å². The summed E-state index contributed by atoms with van der Waals surface area (Å²) in [5.41, 5.74) is 2.47. The molecule has 0 spiro atoms. The van der Waals surface area contributed by atoms with Gasteiger partial charge < -0.3 is 15.0 Å². The first-order valence-corrected chi connectivity index (χ1v) is 8.05. The smallest absolute Gasteiger partial charge is 0.231 e. The average molecular weight is 286 g/mol. The van der Waals surface area contributed by atoms with Crippen molar-refractivity contribution in [2.45, 2.75) is 43.9 Å². The molecule has 1 saturated heterocycles. The van der Waals surface area contributed by atoms with Crippen molar-refractivity contribution >= 4 is 5.91 Å². The molecule has 0 radical (unpaired) electrons. The highest BCUT2D eigenvalue weighted by atomic mass is 16.5. The zero-order chi connectivity index (χ0) is 14.2. The molecule has 2 aliphatic heterocycles. The molecule has 1 aliphatic carbocycles. The molecule has 1 N–H and O–H groups in total. The van der Waals surface area contributed by atoms with E-state index in [-0.39, 0.29) is 17.9 Å². The van der Waals surface area contributed by atoms with Gasteiger partial charge in [-0.3, -0.25) is 4.79 Å². The van der Waals surface area contributed by atoms with Crippen molar-refractivity contribution in [3.05, 3.63) is 35.4 Å². The summed E-state index contributed by atoms with van der Waals surface area (Å²) in [4.78, 5) is 15.2. The van der Waals surface area contributed by atoms with Crippen LogP contribution in [0.2, 0.25) is 0 Å². The maximum atomic E-state index is 13.1. The Morgan fingerprint density at radius 1 is 1.29 bits per heavy atom. The Balaban J connectivity index is 1.60. The van der Waals surface area contributed by atoms with Crippen LogP contribution in [0.5, 0.6) is 0 Å². The molecular weight excluding hydrogens is 264 g/mol. The van der Waals surface area contributed by atoms with Crippen molar-refractivity contribution in [1.82, 2.24) is 10.2 Å². The van der Waals surface area contributed by atoms with E-state index >= 15 is 0 Å². The van der Waals surface area contributed by atoms with Gasteiger partial charge in [0.15, 0.2) is 0 Å². The molecule has 0 aromatic heterocycles.